The Morgan fingerprint density at radius 1 is 1.12 bits per heavy atom. The number of ether oxygens (including phenoxy) is 2. The van der Waals surface area contributed by atoms with E-state index in [1.165, 1.54) is 10.7 Å². The maximum absolute atomic E-state index is 12.4. The van der Waals surface area contributed by atoms with E-state index < -0.39 is 29.6 Å². The molecule has 0 radical (unpaired) electrons. The molecule has 0 bridgehead atoms. The zero-order chi connectivity index (χ0) is 23.1. The summed E-state index contributed by atoms with van der Waals surface area (Å²) in [6.45, 7) is 1.50. The Morgan fingerprint density at radius 2 is 1.84 bits per heavy atom. The lowest BCUT2D eigenvalue weighted by Crippen LogP contribution is -2.32. The van der Waals surface area contributed by atoms with Crippen LogP contribution in [0.25, 0.3) is 5.69 Å². The van der Waals surface area contributed by atoms with Crippen molar-refractivity contribution < 1.29 is 19.1 Å². The van der Waals surface area contributed by atoms with E-state index in [4.69, 9.17) is 21.1 Å². The molecule has 0 atom stereocenters. The monoisotopic (exact) mass is 455 g/mol. The quantitative estimate of drug-likeness (QED) is 0.524. The molecular formula is C23H22ClN3O5. The van der Waals surface area contributed by atoms with Gasteiger partial charge in [-0.2, -0.15) is 5.10 Å². The topological polar surface area (TPSA) is 99.5 Å². The fraction of sp³-hybridized carbons (Fsp3) is 0.217. The summed E-state index contributed by atoms with van der Waals surface area (Å²) in [6, 6.07) is 15.5. The van der Waals surface area contributed by atoms with Gasteiger partial charge in [-0.3, -0.25) is 9.59 Å². The number of nitrogens with zero attached hydrogens (tertiary/aromatic N) is 2. The third kappa shape index (κ3) is 5.73. The fourth-order valence-electron chi connectivity index (χ4n) is 3.03. The number of amides is 1. The number of nitrogens with one attached hydrogen (secondary N) is 1. The molecule has 3 rings (SSSR count). The van der Waals surface area contributed by atoms with Crippen molar-refractivity contribution in [1.82, 2.24) is 15.1 Å². The van der Waals surface area contributed by atoms with Crippen LogP contribution in [-0.2, 0) is 16.0 Å². The molecule has 8 nitrogen and oxygen atoms in total. The molecular weight excluding hydrogens is 434 g/mol. The average Bonchev–Trinajstić information content (AvgIpc) is 2.78. The van der Waals surface area contributed by atoms with Crippen LogP contribution >= 0.6 is 11.6 Å². The molecule has 1 heterocycles. The lowest BCUT2D eigenvalue weighted by Gasteiger charge is -2.11. The fourth-order valence-corrected chi connectivity index (χ4v) is 3.16. The van der Waals surface area contributed by atoms with Crippen LogP contribution in [0.5, 0.6) is 5.75 Å². The minimum absolute atomic E-state index is 0.336. The van der Waals surface area contributed by atoms with Crippen molar-refractivity contribution in [3.63, 3.8) is 0 Å². The number of hydrogen-bond donors (Lipinski definition) is 1. The molecule has 1 N–H and O–H groups in total. The molecule has 0 aliphatic heterocycles. The number of para-hydroxylation sites is 1. The summed E-state index contributed by atoms with van der Waals surface area (Å²) >= 11 is 5.90. The van der Waals surface area contributed by atoms with Gasteiger partial charge in [-0.1, -0.05) is 29.8 Å². The Hall–Kier alpha value is -3.65. The number of halogens is 1. The number of rotatable bonds is 8. The number of carbonyl (C=O) groups is 2. The minimum Gasteiger partial charge on any atom is -0.496 e. The largest absolute Gasteiger partial charge is 0.496 e. The van der Waals surface area contributed by atoms with Crippen molar-refractivity contribution in [2.75, 3.05) is 20.3 Å². The summed E-state index contributed by atoms with van der Waals surface area (Å²) in [7, 11) is 1.58. The molecule has 32 heavy (non-hydrogen) atoms. The predicted molar refractivity (Wildman–Crippen MR) is 120 cm³/mol. The van der Waals surface area contributed by atoms with Crippen molar-refractivity contribution in [3.8, 4) is 11.4 Å². The van der Waals surface area contributed by atoms with Crippen LogP contribution < -0.4 is 15.5 Å². The van der Waals surface area contributed by atoms with Gasteiger partial charge in [0.1, 0.15) is 5.75 Å². The highest BCUT2D eigenvalue weighted by Gasteiger charge is 2.18. The molecule has 9 heteroatoms. The van der Waals surface area contributed by atoms with Gasteiger partial charge in [-0.25, -0.2) is 9.48 Å². The van der Waals surface area contributed by atoms with Gasteiger partial charge in [-0.15, -0.1) is 0 Å². The van der Waals surface area contributed by atoms with Gasteiger partial charge in [0.2, 0.25) is 11.1 Å². The van der Waals surface area contributed by atoms with Crippen LogP contribution in [-0.4, -0.2) is 41.9 Å². The Balaban J connectivity index is 1.59. The number of methoxy groups -OCH3 is 1. The Kier molecular flexibility index (Phi) is 7.62. The van der Waals surface area contributed by atoms with Crippen molar-refractivity contribution in [3.05, 3.63) is 86.8 Å². The first-order chi connectivity index (χ1) is 15.4. The van der Waals surface area contributed by atoms with E-state index in [-0.39, 0.29) is 0 Å². The van der Waals surface area contributed by atoms with Crippen molar-refractivity contribution in [2.24, 2.45) is 0 Å². The summed E-state index contributed by atoms with van der Waals surface area (Å²) < 4.78 is 11.7. The van der Waals surface area contributed by atoms with Crippen LogP contribution in [0.4, 0.5) is 0 Å². The predicted octanol–water partition coefficient (Wildman–Crippen LogP) is 2.72. The Labute approximate surface area is 189 Å². The zero-order valence-corrected chi connectivity index (χ0v) is 18.4. The molecule has 0 saturated carbocycles. The van der Waals surface area contributed by atoms with E-state index in [2.05, 4.69) is 10.4 Å². The standard InChI is InChI=1S/C23H22ClN3O5/c1-15-13-19(28)22(26-27(15)18-9-7-17(24)8-10-18)23(30)32-14-21(29)25-12-11-16-5-3-4-6-20(16)31-2/h3-10,13H,11-12,14H2,1-2H3,(H,25,29). The van der Waals surface area contributed by atoms with Crippen molar-refractivity contribution >= 4 is 23.5 Å². The van der Waals surface area contributed by atoms with Gasteiger partial charge in [-0.05, 0) is 49.2 Å². The molecule has 166 valence electrons. The van der Waals surface area contributed by atoms with E-state index in [0.29, 0.717) is 29.4 Å². The molecule has 2 aromatic carbocycles. The van der Waals surface area contributed by atoms with E-state index in [0.717, 1.165) is 11.3 Å². The Bertz CT molecular complexity index is 1170. The average molecular weight is 456 g/mol. The summed E-state index contributed by atoms with van der Waals surface area (Å²) in [5.74, 6) is -0.730. The van der Waals surface area contributed by atoms with Crippen LogP contribution in [0.1, 0.15) is 21.7 Å². The third-order valence-corrected chi connectivity index (χ3v) is 4.87. The van der Waals surface area contributed by atoms with Crippen LogP contribution in [0.3, 0.4) is 0 Å². The first kappa shape index (κ1) is 23.0. The van der Waals surface area contributed by atoms with Gasteiger partial charge in [0.05, 0.1) is 12.8 Å². The number of aromatic nitrogens is 2. The second-order valence-corrected chi connectivity index (χ2v) is 7.31. The summed E-state index contributed by atoms with van der Waals surface area (Å²) in [4.78, 5) is 36.7. The Morgan fingerprint density at radius 3 is 2.56 bits per heavy atom. The molecule has 0 fully saturated rings. The van der Waals surface area contributed by atoms with Crippen LogP contribution in [0.15, 0.2) is 59.4 Å². The van der Waals surface area contributed by atoms with Gasteiger partial charge in [0.15, 0.2) is 6.61 Å². The summed E-state index contributed by atoms with van der Waals surface area (Å²) in [6.07, 6.45) is 0.551. The number of esters is 1. The molecule has 3 aromatic rings. The molecule has 0 spiro atoms. The minimum atomic E-state index is -0.974. The maximum atomic E-state index is 12.4. The molecule has 0 aliphatic rings. The van der Waals surface area contributed by atoms with Crippen LogP contribution in [0.2, 0.25) is 5.02 Å². The molecule has 0 saturated heterocycles. The van der Waals surface area contributed by atoms with Gasteiger partial charge in [0, 0.05) is 23.3 Å². The second-order valence-electron chi connectivity index (χ2n) is 6.87. The second kappa shape index (κ2) is 10.6. The van der Waals surface area contributed by atoms with Gasteiger partial charge >= 0.3 is 5.97 Å². The molecule has 0 aliphatic carbocycles. The van der Waals surface area contributed by atoms with Gasteiger partial charge < -0.3 is 14.8 Å². The third-order valence-electron chi connectivity index (χ3n) is 4.62. The molecule has 1 amide bonds. The first-order valence-corrected chi connectivity index (χ1v) is 10.2. The highest BCUT2D eigenvalue weighted by molar-refractivity contribution is 6.30. The lowest BCUT2D eigenvalue weighted by molar-refractivity contribution is -0.124. The van der Waals surface area contributed by atoms with E-state index in [9.17, 15) is 14.4 Å². The lowest BCUT2D eigenvalue weighted by atomic mass is 10.1. The van der Waals surface area contributed by atoms with Gasteiger partial charge in [0.25, 0.3) is 5.91 Å². The number of carbonyl (C=O) groups excluding carboxylic acids is 2. The van der Waals surface area contributed by atoms with Crippen molar-refractivity contribution in [2.45, 2.75) is 13.3 Å². The van der Waals surface area contributed by atoms with E-state index in [1.807, 2.05) is 24.3 Å². The summed E-state index contributed by atoms with van der Waals surface area (Å²) in [5, 5.41) is 7.32. The first-order valence-electron chi connectivity index (χ1n) is 9.81. The van der Waals surface area contributed by atoms with Crippen LogP contribution in [0, 0.1) is 6.92 Å². The SMILES string of the molecule is COc1ccccc1CCNC(=O)COC(=O)c1nn(-c2ccc(Cl)cc2)c(C)cc1=O. The van der Waals surface area contributed by atoms with Crippen molar-refractivity contribution in [1.29, 1.82) is 0 Å². The number of aryl methyl sites for hydroxylation is 1. The van der Waals surface area contributed by atoms with E-state index >= 15 is 0 Å². The smallest absolute Gasteiger partial charge is 0.363 e. The highest BCUT2D eigenvalue weighted by atomic mass is 35.5. The van der Waals surface area contributed by atoms with E-state index in [1.54, 1.807) is 38.3 Å². The normalized spacial score (nSPS) is 10.5. The maximum Gasteiger partial charge on any atom is 0.363 e. The number of hydrogen-bond acceptors (Lipinski definition) is 6. The summed E-state index contributed by atoms with van der Waals surface area (Å²) in [5.41, 5.74) is 1.10. The number of benzene rings is 2. The highest BCUT2D eigenvalue weighted by Crippen LogP contribution is 2.17. The molecule has 0 unspecified atom stereocenters. The zero-order valence-electron chi connectivity index (χ0n) is 17.6. The molecule has 1 aromatic heterocycles.